The molecule has 0 radical (unpaired) electrons. The van der Waals surface area contributed by atoms with E-state index in [1.807, 2.05) is 0 Å². The molecule has 0 heterocycles. The Hall–Kier alpha value is -1.78. The summed E-state index contributed by atoms with van der Waals surface area (Å²) >= 11 is 0. The lowest BCUT2D eigenvalue weighted by atomic mass is 10.1. The molecule has 0 aliphatic rings. The molecule has 0 saturated carbocycles. The van der Waals surface area contributed by atoms with E-state index in [4.69, 9.17) is 15.2 Å². The zero-order valence-corrected chi connectivity index (χ0v) is 8.11. The lowest BCUT2D eigenvalue weighted by Crippen LogP contribution is -1.98. The predicted octanol–water partition coefficient (Wildman–Crippen LogP) is 1.55. The van der Waals surface area contributed by atoms with Gasteiger partial charge in [0.1, 0.15) is 23.7 Å². The van der Waals surface area contributed by atoms with Gasteiger partial charge in [-0.15, -0.1) is 0 Å². The molecule has 1 rings (SSSR count). The number of ether oxygens (including phenoxy) is 2. The molecule has 0 bridgehead atoms. The largest absolute Gasteiger partial charge is 0.494 e. The van der Waals surface area contributed by atoms with Crippen molar-refractivity contribution >= 4 is 5.69 Å². The van der Waals surface area contributed by atoms with Crippen molar-refractivity contribution in [1.29, 1.82) is 0 Å². The summed E-state index contributed by atoms with van der Waals surface area (Å²) in [4.78, 5) is 10.1. The van der Waals surface area contributed by atoms with Gasteiger partial charge in [-0.2, -0.15) is 4.91 Å². The fraction of sp³-hybridized carbons (Fsp3) is 0.333. The standard InChI is InChI=1S/C9H12N2O3/c1-13-7-3-6(5-11-12)4-8(14-2)9(7)10/h3-4H,5,10H2,1-2H3. The lowest BCUT2D eigenvalue weighted by Gasteiger charge is -2.10. The zero-order chi connectivity index (χ0) is 10.6. The maximum absolute atomic E-state index is 10.1. The smallest absolute Gasteiger partial charge is 0.145 e. The highest BCUT2D eigenvalue weighted by molar-refractivity contribution is 5.64. The molecule has 14 heavy (non-hydrogen) atoms. The van der Waals surface area contributed by atoms with Crippen LogP contribution in [0.15, 0.2) is 17.3 Å². The molecule has 0 amide bonds. The van der Waals surface area contributed by atoms with E-state index in [0.717, 1.165) is 0 Å². The molecular formula is C9H12N2O3. The second-order valence-electron chi connectivity index (χ2n) is 2.70. The number of nitrogens with zero attached hydrogens (tertiary/aromatic N) is 1. The van der Waals surface area contributed by atoms with Crippen LogP contribution in [0.3, 0.4) is 0 Å². The minimum atomic E-state index is 0.0764. The number of nitroso groups, excluding NO2 is 1. The molecule has 76 valence electrons. The SMILES string of the molecule is COc1cc(CN=O)cc(OC)c1N. The number of hydrogen-bond acceptors (Lipinski definition) is 5. The lowest BCUT2D eigenvalue weighted by molar-refractivity contribution is 0.397. The second-order valence-corrected chi connectivity index (χ2v) is 2.70. The first-order valence-corrected chi connectivity index (χ1v) is 4.02. The molecule has 0 saturated heterocycles. The second kappa shape index (κ2) is 4.45. The van der Waals surface area contributed by atoms with E-state index in [-0.39, 0.29) is 6.54 Å². The quantitative estimate of drug-likeness (QED) is 0.585. The first-order valence-electron chi connectivity index (χ1n) is 4.02. The summed E-state index contributed by atoms with van der Waals surface area (Å²) in [5.41, 5.74) is 6.84. The van der Waals surface area contributed by atoms with E-state index in [1.165, 1.54) is 14.2 Å². The summed E-state index contributed by atoms with van der Waals surface area (Å²) in [7, 11) is 3.01. The van der Waals surface area contributed by atoms with Crippen molar-refractivity contribution in [2.24, 2.45) is 5.18 Å². The highest BCUT2D eigenvalue weighted by Gasteiger charge is 2.08. The molecule has 0 spiro atoms. The van der Waals surface area contributed by atoms with E-state index in [2.05, 4.69) is 5.18 Å². The molecule has 0 unspecified atom stereocenters. The Labute approximate surface area is 81.8 Å². The molecule has 5 nitrogen and oxygen atoms in total. The summed E-state index contributed by atoms with van der Waals surface area (Å²) < 4.78 is 10.1. The van der Waals surface area contributed by atoms with Crippen LogP contribution < -0.4 is 15.2 Å². The average Bonchev–Trinajstić information content (AvgIpc) is 2.20. The summed E-state index contributed by atoms with van der Waals surface area (Å²) in [6.07, 6.45) is 0. The van der Waals surface area contributed by atoms with Gasteiger partial charge in [0.15, 0.2) is 0 Å². The van der Waals surface area contributed by atoms with E-state index in [1.54, 1.807) is 12.1 Å². The van der Waals surface area contributed by atoms with E-state index in [9.17, 15) is 4.91 Å². The number of methoxy groups -OCH3 is 2. The van der Waals surface area contributed by atoms with Gasteiger partial charge >= 0.3 is 0 Å². The minimum Gasteiger partial charge on any atom is -0.494 e. The molecule has 1 aromatic rings. The first kappa shape index (κ1) is 10.3. The van der Waals surface area contributed by atoms with Crippen molar-refractivity contribution in [2.75, 3.05) is 20.0 Å². The zero-order valence-electron chi connectivity index (χ0n) is 8.11. The fourth-order valence-corrected chi connectivity index (χ4v) is 1.16. The van der Waals surface area contributed by atoms with Crippen LogP contribution in [-0.4, -0.2) is 14.2 Å². The maximum atomic E-state index is 10.1. The molecule has 1 aromatic carbocycles. The Morgan fingerprint density at radius 3 is 2.14 bits per heavy atom. The van der Waals surface area contributed by atoms with Crippen LogP contribution in [0.5, 0.6) is 11.5 Å². The Kier molecular flexibility index (Phi) is 3.28. The number of rotatable bonds is 4. The van der Waals surface area contributed by atoms with Crippen LogP contribution in [-0.2, 0) is 6.54 Å². The van der Waals surface area contributed by atoms with E-state index in [0.29, 0.717) is 22.7 Å². The molecule has 5 heteroatoms. The highest BCUT2D eigenvalue weighted by atomic mass is 16.5. The van der Waals surface area contributed by atoms with Crippen molar-refractivity contribution in [2.45, 2.75) is 6.54 Å². The molecule has 0 aromatic heterocycles. The van der Waals surface area contributed by atoms with Gasteiger partial charge < -0.3 is 15.2 Å². The summed E-state index contributed by atoms with van der Waals surface area (Å²) in [5.74, 6) is 0.978. The van der Waals surface area contributed by atoms with Crippen molar-refractivity contribution in [1.82, 2.24) is 0 Å². The van der Waals surface area contributed by atoms with Crippen LogP contribution in [0.4, 0.5) is 5.69 Å². The van der Waals surface area contributed by atoms with Crippen molar-refractivity contribution in [3.8, 4) is 11.5 Å². The molecule has 2 N–H and O–H groups in total. The van der Waals surface area contributed by atoms with E-state index >= 15 is 0 Å². The summed E-state index contributed by atoms with van der Waals surface area (Å²) in [5, 5.41) is 2.78. The summed E-state index contributed by atoms with van der Waals surface area (Å²) in [6.45, 7) is 0.0764. The fourth-order valence-electron chi connectivity index (χ4n) is 1.16. The number of nitrogens with two attached hydrogens (primary N) is 1. The Morgan fingerprint density at radius 1 is 1.29 bits per heavy atom. The molecule has 0 fully saturated rings. The monoisotopic (exact) mass is 196 g/mol. The predicted molar refractivity (Wildman–Crippen MR) is 53.5 cm³/mol. The van der Waals surface area contributed by atoms with Gasteiger partial charge in [-0.25, -0.2) is 0 Å². The Morgan fingerprint density at radius 2 is 1.79 bits per heavy atom. The van der Waals surface area contributed by atoms with Crippen LogP contribution in [0.1, 0.15) is 5.56 Å². The average molecular weight is 196 g/mol. The number of nitrogen functional groups attached to an aromatic ring is 1. The number of anilines is 1. The molecule has 0 aliphatic carbocycles. The van der Waals surface area contributed by atoms with Gasteiger partial charge in [0.2, 0.25) is 0 Å². The van der Waals surface area contributed by atoms with Gasteiger partial charge in [-0.1, -0.05) is 5.18 Å². The van der Waals surface area contributed by atoms with Gasteiger partial charge in [0, 0.05) is 0 Å². The van der Waals surface area contributed by atoms with Gasteiger partial charge in [-0.3, -0.25) is 0 Å². The third-order valence-electron chi connectivity index (χ3n) is 1.85. The maximum Gasteiger partial charge on any atom is 0.145 e. The van der Waals surface area contributed by atoms with Crippen LogP contribution in [0.25, 0.3) is 0 Å². The van der Waals surface area contributed by atoms with Crippen molar-refractivity contribution < 1.29 is 9.47 Å². The first-order chi connectivity index (χ1) is 6.72. The molecule has 0 aliphatic heterocycles. The molecular weight excluding hydrogens is 184 g/mol. The van der Waals surface area contributed by atoms with Crippen molar-refractivity contribution in [3.63, 3.8) is 0 Å². The third kappa shape index (κ3) is 1.93. The van der Waals surface area contributed by atoms with Crippen LogP contribution in [0, 0.1) is 4.91 Å². The normalized spacial score (nSPS) is 9.57. The highest BCUT2D eigenvalue weighted by Crippen LogP contribution is 2.33. The van der Waals surface area contributed by atoms with Crippen LogP contribution in [0.2, 0.25) is 0 Å². The minimum absolute atomic E-state index is 0.0764. The van der Waals surface area contributed by atoms with Gasteiger partial charge in [0.05, 0.1) is 14.2 Å². The number of benzene rings is 1. The number of hydrogen-bond donors (Lipinski definition) is 1. The Balaban J connectivity index is 3.17. The third-order valence-corrected chi connectivity index (χ3v) is 1.85. The summed E-state index contributed by atoms with van der Waals surface area (Å²) in [6, 6.07) is 3.33. The van der Waals surface area contributed by atoms with E-state index < -0.39 is 0 Å². The van der Waals surface area contributed by atoms with Gasteiger partial charge in [0.25, 0.3) is 0 Å². The topological polar surface area (TPSA) is 73.9 Å². The van der Waals surface area contributed by atoms with Gasteiger partial charge in [-0.05, 0) is 17.7 Å². The van der Waals surface area contributed by atoms with Crippen LogP contribution >= 0.6 is 0 Å². The molecule has 0 atom stereocenters. The Bertz CT molecular complexity index is 314. The van der Waals surface area contributed by atoms with Crippen molar-refractivity contribution in [3.05, 3.63) is 22.6 Å².